The molecule has 1 aromatic carbocycles. The number of aryl methyl sites for hydroxylation is 1. The molecule has 2 aromatic heterocycles. The lowest BCUT2D eigenvalue weighted by Crippen LogP contribution is -2.31. The fraction of sp³-hybridized carbons (Fsp3) is 0.217. The number of rotatable bonds is 7. The number of benzene rings is 1. The van der Waals surface area contributed by atoms with Crippen LogP contribution in [0, 0.1) is 5.82 Å². The van der Waals surface area contributed by atoms with E-state index in [4.69, 9.17) is 4.74 Å². The molecule has 0 aliphatic carbocycles. The van der Waals surface area contributed by atoms with Crippen molar-refractivity contribution in [1.82, 2.24) is 19.4 Å². The van der Waals surface area contributed by atoms with Gasteiger partial charge in [-0.3, -0.25) is 14.6 Å². The number of carbonyl (C=O) groups excluding carboxylic acids is 2. The summed E-state index contributed by atoms with van der Waals surface area (Å²) in [7, 11) is 1.37. The van der Waals surface area contributed by atoms with Crippen molar-refractivity contribution < 1.29 is 23.8 Å². The Morgan fingerprint density at radius 1 is 1.19 bits per heavy atom. The van der Waals surface area contributed by atoms with Crippen molar-refractivity contribution in [3.05, 3.63) is 84.0 Å². The van der Waals surface area contributed by atoms with Gasteiger partial charge in [0.05, 0.1) is 30.3 Å². The predicted octanol–water partition coefficient (Wildman–Crippen LogP) is 2.94. The molecule has 1 fully saturated rings. The Morgan fingerprint density at radius 3 is 2.72 bits per heavy atom. The van der Waals surface area contributed by atoms with Gasteiger partial charge in [-0.05, 0) is 36.8 Å². The third kappa shape index (κ3) is 3.96. The van der Waals surface area contributed by atoms with Crippen molar-refractivity contribution in [2.24, 2.45) is 0 Å². The first kappa shape index (κ1) is 21.2. The number of halogens is 1. The number of imidazole rings is 1. The number of methoxy groups -OCH3 is 1. The van der Waals surface area contributed by atoms with Gasteiger partial charge in [0.1, 0.15) is 23.4 Å². The highest BCUT2D eigenvalue weighted by Crippen LogP contribution is 2.40. The number of aromatic nitrogens is 3. The van der Waals surface area contributed by atoms with Crippen LogP contribution in [0.5, 0.6) is 5.75 Å². The van der Waals surface area contributed by atoms with E-state index in [0.717, 1.165) is 6.07 Å². The lowest BCUT2D eigenvalue weighted by molar-refractivity contribution is -0.140. The van der Waals surface area contributed by atoms with E-state index in [9.17, 15) is 19.1 Å². The van der Waals surface area contributed by atoms with Crippen molar-refractivity contribution in [1.29, 1.82) is 0 Å². The molecular weight excluding hydrogens is 415 g/mol. The maximum Gasteiger partial charge on any atom is 0.295 e. The summed E-state index contributed by atoms with van der Waals surface area (Å²) >= 11 is 0. The second kappa shape index (κ2) is 9.01. The lowest BCUT2D eigenvalue weighted by Gasteiger charge is -2.24. The number of aliphatic hydroxyl groups is 1. The number of pyridine rings is 1. The van der Waals surface area contributed by atoms with Crippen LogP contribution in [0.15, 0.2) is 66.9 Å². The number of nitrogens with zero attached hydrogens (tertiary/aromatic N) is 4. The number of amides is 1. The van der Waals surface area contributed by atoms with Gasteiger partial charge in [-0.1, -0.05) is 6.07 Å². The van der Waals surface area contributed by atoms with Crippen LogP contribution in [0.3, 0.4) is 0 Å². The fourth-order valence-electron chi connectivity index (χ4n) is 3.81. The van der Waals surface area contributed by atoms with Gasteiger partial charge >= 0.3 is 0 Å². The van der Waals surface area contributed by atoms with Crippen LogP contribution < -0.4 is 4.74 Å². The highest BCUT2D eigenvalue weighted by Gasteiger charge is 2.46. The molecule has 0 bridgehead atoms. The SMILES string of the molecule is COc1ccc(F)cc1C(O)=C1C(=O)C(=O)N(CCCn2ccnc2)C1c1ccccn1. The second-order valence-electron chi connectivity index (χ2n) is 7.25. The van der Waals surface area contributed by atoms with Crippen LogP contribution >= 0.6 is 0 Å². The standard InChI is InChI=1S/C23H21FN4O4/c1-32-18-7-6-15(24)13-16(18)21(29)19-20(17-5-2-3-8-26-17)28(23(31)22(19)30)11-4-10-27-12-9-25-14-27/h2-3,5-9,12-14,20,29H,4,10-11H2,1H3. The van der Waals surface area contributed by atoms with Crippen molar-refractivity contribution >= 4 is 17.4 Å². The highest BCUT2D eigenvalue weighted by molar-refractivity contribution is 6.46. The minimum absolute atomic E-state index is 0.00940. The Kier molecular flexibility index (Phi) is 5.98. The normalized spacial score (nSPS) is 17.7. The number of hydrogen-bond acceptors (Lipinski definition) is 6. The molecule has 1 N–H and O–H groups in total. The molecule has 9 heteroatoms. The summed E-state index contributed by atoms with van der Waals surface area (Å²) in [5.41, 5.74) is 0.260. The molecule has 3 heterocycles. The van der Waals surface area contributed by atoms with E-state index < -0.39 is 29.3 Å². The molecule has 1 aliphatic rings. The van der Waals surface area contributed by atoms with Crippen LogP contribution in [-0.2, 0) is 16.1 Å². The zero-order chi connectivity index (χ0) is 22.7. The van der Waals surface area contributed by atoms with Crippen LogP contribution in [0.25, 0.3) is 5.76 Å². The van der Waals surface area contributed by atoms with Crippen molar-refractivity contribution in [3.63, 3.8) is 0 Å². The minimum Gasteiger partial charge on any atom is -0.507 e. The van der Waals surface area contributed by atoms with E-state index in [1.807, 2.05) is 4.57 Å². The summed E-state index contributed by atoms with van der Waals surface area (Å²) in [6, 6.07) is 7.81. The molecule has 1 aliphatic heterocycles. The Morgan fingerprint density at radius 2 is 2.03 bits per heavy atom. The first-order valence-corrected chi connectivity index (χ1v) is 10.00. The summed E-state index contributed by atoms with van der Waals surface area (Å²) in [5.74, 6) is -2.55. The average molecular weight is 436 g/mol. The van der Waals surface area contributed by atoms with Crippen molar-refractivity contribution in [2.75, 3.05) is 13.7 Å². The number of ether oxygens (including phenoxy) is 1. The molecule has 32 heavy (non-hydrogen) atoms. The summed E-state index contributed by atoms with van der Waals surface area (Å²) in [5, 5.41) is 11.1. The lowest BCUT2D eigenvalue weighted by atomic mass is 9.97. The average Bonchev–Trinajstić information content (AvgIpc) is 3.41. The Labute approximate surface area is 183 Å². The molecule has 1 amide bonds. The van der Waals surface area contributed by atoms with Crippen molar-refractivity contribution in [2.45, 2.75) is 19.0 Å². The summed E-state index contributed by atoms with van der Waals surface area (Å²) in [4.78, 5) is 35.6. The number of carbonyl (C=O) groups is 2. The molecule has 3 aromatic rings. The maximum absolute atomic E-state index is 13.9. The van der Waals surface area contributed by atoms with E-state index in [0.29, 0.717) is 18.7 Å². The fourth-order valence-corrected chi connectivity index (χ4v) is 3.81. The summed E-state index contributed by atoms with van der Waals surface area (Å²) in [6.45, 7) is 0.844. The molecular formula is C23H21FN4O4. The first-order valence-electron chi connectivity index (χ1n) is 10.00. The topological polar surface area (TPSA) is 97.6 Å². The largest absolute Gasteiger partial charge is 0.507 e. The zero-order valence-electron chi connectivity index (χ0n) is 17.3. The molecule has 1 unspecified atom stereocenters. The molecule has 1 atom stereocenters. The third-order valence-electron chi connectivity index (χ3n) is 5.30. The van der Waals surface area contributed by atoms with E-state index in [1.54, 1.807) is 43.1 Å². The van der Waals surface area contributed by atoms with Crippen LogP contribution in [0.1, 0.15) is 23.7 Å². The monoisotopic (exact) mass is 436 g/mol. The number of Topliss-reactive ketones (excluding diaryl/α,β-unsaturated/α-hetero) is 1. The molecule has 8 nitrogen and oxygen atoms in total. The van der Waals surface area contributed by atoms with Gasteiger partial charge in [-0.25, -0.2) is 9.37 Å². The molecule has 1 saturated heterocycles. The zero-order valence-corrected chi connectivity index (χ0v) is 17.3. The van der Waals surface area contributed by atoms with E-state index >= 15 is 0 Å². The van der Waals surface area contributed by atoms with Gasteiger partial charge in [0.2, 0.25) is 0 Å². The smallest absolute Gasteiger partial charge is 0.295 e. The number of likely N-dealkylation sites (tertiary alicyclic amines) is 1. The minimum atomic E-state index is -0.910. The Balaban J connectivity index is 1.76. The molecule has 0 radical (unpaired) electrons. The second-order valence-corrected chi connectivity index (χ2v) is 7.25. The van der Waals surface area contributed by atoms with Gasteiger partial charge in [0.25, 0.3) is 11.7 Å². The maximum atomic E-state index is 13.9. The summed E-state index contributed by atoms with van der Waals surface area (Å²) < 4.78 is 21.0. The Hall–Kier alpha value is -4.01. The molecule has 4 rings (SSSR count). The molecule has 164 valence electrons. The molecule has 0 saturated carbocycles. The third-order valence-corrected chi connectivity index (χ3v) is 5.30. The van der Waals surface area contributed by atoms with Crippen LogP contribution in [0.2, 0.25) is 0 Å². The van der Waals surface area contributed by atoms with Gasteiger partial charge in [0, 0.05) is 31.7 Å². The van der Waals surface area contributed by atoms with Gasteiger partial charge < -0.3 is 19.3 Å². The quantitative estimate of drug-likeness (QED) is 0.348. The van der Waals surface area contributed by atoms with Gasteiger partial charge in [0.15, 0.2) is 0 Å². The summed E-state index contributed by atoms with van der Waals surface area (Å²) in [6.07, 6.45) is 7.23. The van der Waals surface area contributed by atoms with Crippen LogP contribution in [-0.4, -0.2) is 49.9 Å². The highest BCUT2D eigenvalue weighted by atomic mass is 19.1. The van der Waals surface area contributed by atoms with Crippen LogP contribution in [0.4, 0.5) is 4.39 Å². The number of ketones is 1. The predicted molar refractivity (Wildman–Crippen MR) is 113 cm³/mol. The number of aliphatic hydroxyl groups excluding tert-OH is 1. The van der Waals surface area contributed by atoms with E-state index in [-0.39, 0.29) is 23.4 Å². The first-order chi connectivity index (χ1) is 15.5. The van der Waals surface area contributed by atoms with Gasteiger partial charge in [-0.2, -0.15) is 0 Å². The van der Waals surface area contributed by atoms with Gasteiger partial charge in [-0.15, -0.1) is 0 Å². The molecule has 0 spiro atoms. The van der Waals surface area contributed by atoms with E-state index in [2.05, 4.69) is 9.97 Å². The van der Waals surface area contributed by atoms with Crippen molar-refractivity contribution in [3.8, 4) is 5.75 Å². The number of hydrogen-bond donors (Lipinski definition) is 1. The van der Waals surface area contributed by atoms with E-state index in [1.165, 1.54) is 24.1 Å². The Bertz CT molecular complexity index is 1160.